The zero-order valence-corrected chi connectivity index (χ0v) is 11.1. The molecule has 2 heterocycles. The van der Waals surface area contributed by atoms with E-state index in [4.69, 9.17) is 10.5 Å². The Balaban J connectivity index is 2.07. The Kier molecular flexibility index (Phi) is 4.48. The van der Waals surface area contributed by atoms with Gasteiger partial charge in [-0.3, -0.25) is 4.57 Å². The zero-order chi connectivity index (χ0) is 14.0. The van der Waals surface area contributed by atoms with E-state index < -0.39 is 37.2 Å². The highest BCUT2D eigenvalue weighted by Crippen LogP contribution is 2.32. The van der Waals surface area contributed by atoms with Crippen molar-refractivity contribution in [3.05, 3.63) is 22.5 Å². The molecular formula is C8H9FN3O5PS. The van der Waals surface area contributed by atoms with Gasteiger partial charge in [-0.05, 0) is 4.57 Å². The fourth-order valence-corrected chi connectivity index (χ4v) is 2.81. The number of halogens is 1. The molecule has 8 nitrogen and oxygen atoms in total. The van der Waals surface area contributed by atoms with Crippen LogP contribution in [0, 0.1) is 5.82 Å². The number of hydrogen-bond acceptors (Lipinski definition) is 8. The Bertz CT molecular complexity index is 556. The third-order valence-electron chi connectivity index (χ3n) is 2.29. The molecule has 0 spiro atoms. The van der Waals surface area contributed by atoms with Crippen molar-refractivity contribution < 1.29 is 23.1 Å². The Morgan fingerprint density at radius 3 is 3.21 bits per heavy atom. The molecule has 1 aromatic heterocycles. The minimum absolute atomic E-state index is 0.167. The van der Waals surface area contributed by atoms with E-state index in [-0.39, 0.29) is 6.61 Å². The predicted octanol–water partition coefficient (Wildman–Crippen LogP) is -0.413. The summed E-state index contributed by atoms with van der Waals surface area (Å²) in [5.74, 6) is -0.958. The molecule has 19 heavy (non-hydrogen) atoms. The Labute approximate surface area is 111 Å². The van der Waals surface area contributed by atoms with Crippen LogP contribution in [0.25, 0.3) is 0 Å². The fourth-order valence-electron chi connectivity index (χ4n) is 1.46. The van der Waals surface area contributed by atoms with Gasteiger partial charge >= 0.3 is 13.9 Å². The molecule has 2 rings (SSSR count). The van der Waals surface area contributed by atoms with Crippen LogP contribution in [0.1, 0.15) is 6.23 Å². The third kappa shape index (κ3) is 3.48. The fraction of sp³-hybridized carbons (Fsp3) is 0.500. The summed E-state index contributed by atoms with van der Waals surface area (Å²) in [4.78, 5) is 25.1. The van der Waals surface area contributed by atoms with Crippen molar-refractivity contribution in [3.63, 3.8) is 0 Å². The minimum Gasteiger partial charge on any atom is -0.566 e. The summed E-state index contributed by atoms with van der Waals surface area (Å²) in [6.07, 6.45) is 0.172. The van der Waals surface area contributed by atoms with Crippen LogP contribution in [0.4, 0.5) is 10.2 Å². The summed E-state index contributed by atoms with van der Waals surface area (Å²) < 4.78 is 34.2. The van der Waals surface area contributed by atoms with Crippen LogP contribution >= 0.6 is 20.0 Å². The first-order chi connectivity index (χ1) is 8.97. The first kappa shape index (κ1) is 14.4. The van der Waals surface area contributed by atoms with Crippen molar-refractivity contribution in [3.8, 4) is 0 Å². The van der Waals surface area contributed by atoms with Crippen LogP contribution in [0.2, 0.25) is 0 Å². The molecular weight excluding hydrogens is 300 g/mol. The summed E-state index contributed by atoms with van der Waals surface area (Å²) in [5, 5.41) is 0. The largest absolute Gasteiger partial charge is 0.566 e. The summed E-state index contributed by atoms with van der Waals surface area (Å²) in [6, 6.07) is 0. The van der Waals surface area contributed by atoms with E-state index in [1.54, 1.807) is 0 Å². The van der Waals surface area contributed by atoms with E-state index in [0.29, 0.717) is 5.75 Å². The van der Waals surface area contributed by atoms with Gasteiger partial charge in [-0.1, -0.05) is 0 Å². The molecule has 1 unspecified atom stereocenters. The topological polar surface area (TPSA) is 120 Å². The Hall–Kier alpha value is -1.06. The lowest BCUT2D eigenvalue weighted by molar-refractivity contribution is -0.187. The number of anilines is 1. The summed E-state index contributed by atoms with van der Waals surface area (Å²) in [7, 11) is -2.95. The second kappa shape index (κ2) is 5.93. The van der Waals surface area contributed by atoms with Gasteiger partial charge in [0, 0.05) is 5.75 Å². The highest BCUT2D eigenvalue weighted by Gasteiger charge is 2.30. The smallest absolute Gasteiger partial charge is 0.488 e. The number of rotatable bonds is 4. The lowest BCUT2D eigenvalue weighted by atomic mass is 10.5. The van der Waals surface area contributed by atoms with E-state index in [2.05, 4.69) is 9.51 Å². The first-order valence-corrected chi connectivity index (χ1v) is 7.20. The van der Waals surface area contributed by atoms with Crippen LogP contribution in [-0.4, -0.2) is 27.3 Å². The number of aromatic nitrogens is 2. The minimum atomic E-state index is -2.95. The van der Waals surface area contributed by atoms with E-state index in [1.807, 2.05) is 0 Å². The maximum atomic E-state index is 13.2. The molecule has 1 saturated heterocycles. The molecule has 0 aliphatic carbocycles. The molecule has 104 valence electrons. The maximum absolute atomic E-state index is 13.2. The molecule has 2 N–H and O–H groups in total. The van der Waals surface area contributed by atoms with Crippen molar-refractivity contribution in [1.29, 1.82) is 0 Å². The number of hydrogen-bond donors (Lipinski definition) is 1. The van der Waals surface area contributed by atoms with Crippen LogP contribution in [0.3, 0.4) is 0 Å². The van der Waals surface area contributed by atoms with Crippen LogP contribution in [0.15, 0.2) is 11.0 Å². The van der Waals surface area contributed by atoms with E-state index in [0.717, 1.165) is 10.8 Å². The average Bonchev–Trinajstić information content (AvgIpc) is 2.80. The van der Waals surface area contributed by atoms with Crippen molar-refractivity contribution in [2.45, 2.75) is 11.7 Å². The molecule has 1 aliphatic heterocycles. The summed E-state index contributed by atoms with van der Waals surface area (Å²) in [6.45, 7) is -0.167. The lowest BCUT2D eigenvalue weighted by Gasteiger charge is -2.13. The molecule has 0 saturated carbocycles. The van der Waals surface area contributed by atoms with Gasteiger partial charge in [-0.25, -0.2) is 9.18 Å². The van der Waals surface area contributed by atoms with Gasteiger partial charge in [0.1, 0.15) is 18.3 Å². The van der Waals surface area contributed by atoms with Gasteiger partial charge in [0.05, 0.1) is 6.20 Å². The molecule has 1 fully saturated rings. The highest BCUT2D eigenvalue weighted by molar-refractivity contribution is 8.00. The molecule has 0 aromatic carbocycles. The number of nitrogen functional groups attached to an aromatic ring is 1. The van der Waals surface area contributed by atoms with Crippen molar-refractivity contribution in [1.82, 2.24) is 9.55 Å². The van der Waals surface area contributed by atoms with Gasteiger partial charge in [0.25, 0.3) is 0 Å². The zero-order valence-electron chi connectivity index (χ0n) is 9.39. The molecule has 0 bridgehead atoms. The van der Waals surface area contributed by atoms with E-state index >= 15 is 0 Å². The number of thioether (sulfide) groups is 1. The SMILES string of the molecule is Nc1nc(=O)n([C@@H]2CS[C@H](CO[P+](=O)[O-])O2)cc1F. The van der Waals surface area contributed by atoms with Gasteiger partial charge in [-0.2, -0.15) is 4.98 Å². The summed E-state index contributed by atoms with van der Waals surface area (Å²) >= 11 is 1.25. The quantitative estimate of drug-likeness (QED) is 0.745. The molecule has 3 atom stereocenters. The van der Waals surface area contributed by atoms with Gasteiger partial charge < -0.3 is 15.4 Å². The van der Waals surface area contributed by atoms with Gasteiger partial charge in [0.2, 0.25) is 0 Å². The van der Waals surface area contributed by atoms with Crippen molar-refractivity contribution >= 4 is 25.8 Å². The summed E-state index contributed by atoms with van der Waals surface area (Å²) in [5.41, 5.74) is 3.88. The molecule has 11 heteroatoms. The van der Waals surface area contributed by atoms with Crippen molar-refractivity contribution in [2.24, 2.45) is 0 Å². The average molecular weight is 309 g/mol. The monoisotopic (exact) mass is 309 g/mol. The third-order valence-corrected chi connectivity index (χ3v) is 3.75. The molecule has 0 radical (unpaired) electrons. The van der Waals surface area contributed by atoms with Gasteiger partial charge in [-0.15, -0.1) is 16.3 Å². The Morgan fingerprint density at radius 2 is 2.53 bits per heavy atom. The van der Waals surface area contributed by atoms with E-state index in [9.17, 15) is 18.6 Å². The maximum Gasteiger partial charge on any atom is 0.488 e. The normalized spacial score (nSPS) is 23.6. The first-order valence-electron chi connectivity index (χ1n) is 5.06. The van der Waals surface area contributed by atoms with Crippen LogP contribution in [-0.2, 0) is 13.8 Å². The number of nitrogens with zero attached hydrogens (tertiary/aromatic N) is 2. The molecule has 1 aromatic rings. The second-order valence-corrected chi connectivity index (χ2v) is 5.43. The Morgan fingerprint density at radius 1 is 1.79 bits per heavy atom. The second-order valence-electron chi connectivity index (χ2n) is 3.54. The standard InChI is InChI=1S/C8H9FN3O5PS/c9-4-1-12(8(13)11-7(4)10)5-3-19-6(17-5)2-16-18(14)15/h1,5-6H,2-3H2,(H2,10,11,13)/t5-,6+/m0/s1. The number of nitrogens with two attached hydrogens (primary N) is 1. The highest BCUT2D eigenvalue weighted by atomic mass is 32.2. The number of ether oxygens (including phenoxy) is 1. The van der Waals surface area contributed by atoms with Crippen LogP contribution in [0.5, 0.6) is 0 Å². The molecule has 0 amide bonds. The predicted molar refractivity (Wildman–Crippen MR) is 62.8 cm³/mol. The van der Waals surface area contributed by atoms with Crippen molar-refractivity contribution in [2.75, 3.05) is 18.1 Å². The van der Waals surface area contributed by atoms with Gasteiger partial charge in [0.15, 0.2) is 11.6 Å². The van der Waals surface area contributed by atoms with E-state index in [1.165, 1.54) is 11.8 Å². The molecule has 1 aliphatic rings. The van der Waals surface area contributed by atoms with Crippen LogP contribution < -0.4 is 16.3 Å². The lowest BCUT2D eigenvalue weighted by Crippen LogP contribution is -2.29.